The number of hydrogen-bond donors (Lipinski definition) is 3. The second-order valence-electron chi connectivity index (χ2n) is 18.3. The average molecular weight is 842 g/mol. The molecule has 4 amide bonds. The summed E-state index contributed by atoms with van der Waals surface area (Å²) < 4.78 is 46.2. The van der Waals surface area contributed by atoms with E-state index in [1.54, 1.807) is 27.9 Å². The van der Waals surface area contributed by atoms with Crippen LogP contribution in [0.5, 0.6) is 11.5 Å². The molecular formula is C45H55N5O9S. The first-order chi connectivity index (χ1) is 28.3. The molecule has 4 bridgehead atoms. The van der Waals surface area contributed by atoms with Crippen molar-refractivity contribution in [3.05, 3.63) is 72.8 Å². The van der Waals surface area contributed by atoms with Crippen molar-refractivity contribution >= 4 is 50.8 Å². The average Bonchev–Trinajstić information content (AvgIpc) is 4.13. The predicted octanol–water partition coefficient (Wildman–Crippen LogP) is 5.90. The number of aromatic nitrogens is 1. The van der Waals surface area contributed by atoms with Crippen molar-refractivity contribution in [2.75, 3.05) is 20.3 Å². The number of rotatable bonds is 8. The third-order valence-corrected chi connectivity index (χ3v) is 13.7. The van der Waals surface area contributed by atoms with Crippen LogP contribution in [0.25, 0.3) is 28.2 Å². The molecule has 15 heteroatoms. The van der Waals surface area contributed by atoms with Crippen molar-refractivity contribution in [3.63, 3.8) is 0 Å². The van der Waals surface area contributed by atoms with Crippen molar-refractivity contribution in [2.24, 2.45) is 16.7 Å². The van der Waals surface area contributed by atoms with E-state index in [4.69, 9.17) is 19.2 Å². The number of pyridine rings is 1. The summed E-state index contributed by atoms with van der Waals surface area (Å²) in [6.45, 7) is 13.3. The highest BCUT2D eigenvalue weighted by molar-refractivity contribution is 7.91. The van der Waals surface area contributed by atoms with E-state index in [0.29, 0.717) is 53.8 Å². The number of sulfonamides is 1. The van der Waals surface area contributed by atoms with Gasteiger partial charge in [-0.25, -0.2) is 18.2 Å². The van der Waals surface area contributed by atoms with E-state index in [-0.39, 0.29) is 26.0 Å². The van der Waals surface area contributed by atoms with Gasteiger partial charge in [-0.3, -0.25) is 19.1 Å². The molecule has 0 radical (unpaired) electrons. The summed E-state index contributed by atoms with van der Waals surface area (Å²) >= 11 is 0. The number of benzene rings is 2. The van der Waals surface area contributed by atoms with Gasteiger partial charge < -0.3 is 29.7 Å². The number of alkyl carbamates (subject to hydrolysis) is 1. The summed E-state index contributed by atoms with van der Waals surface area (Å²) in [4.78, 5) is 62.9. The van der Waals surface area contributed by atoms with Crippen LogP contribution in [0.1, 0.15) is 78.7 Å². The fourth-order valence-electron chi connectivity index (χ4n) is 7.97. The molecule has 2 aliphatic heterocycles. The fourth-order valence-corrected chi connectivity index (χ4v) is 9.33. The lowest BCUT2D eigenvalue weighted by Crippen LogP contribution is -2.60. The van der Waals surface area contributed by atoms with Crippen LogP contribution in [-0.4, -0.2) is 91.4 Å². The van der Waals surface area contributed by atoms with E-state index in [9.17, 15) is 27.6 Å². The number of ether oxygens (including phenoxy) is 3. The van der Waals surface area contributed by atoms with Gasteiger partial charge in [-0.1, -0.05) is 83.2 Å². The molecule has 2 saturated carbocycles. The number of fused-ring (bicyclic) bond motifs is 3. The molecule has 3 N–H and O–H groups in total. The minimum atomic E-state index is -3.93. The normalized spacial score (nSPS) is 25.8. The number of carbonyl (C=O) groups is 4. The van der Waals surface area contributed by atoms with Gasteiger partial charge in [-0.15, -0.1) is 6.58 Å². The van der Waals surface area contributed by atoms with Crippen molar-refractivity contribution < 1.29 is 41.8 Å². The van der Waals surface area contributed by atoms with Crippen molar-refractivity contribution in [1.82, 2.24) is 25.2 Å². The number of cyclic esters (lactones) is 1. The number of hydrogen-bond acceptors (Lipinski definition) is 10. The number of carbonyl (C=O) groups excluding carboxylic acids is 4. The van der Waals surface area contributed by atoms with E-state index < -0.39 is 79.6 Å². The van der Waals surface area contributed by atoms with Gasteiger partial charge in [0.15, 0.2) is 0 Å². The zero-order chi connectivity index (χ0) is 43.2. The zero-order valence-electron chi connectivity index (χ0n) is 35.1. The SMILES string of the molecule is C=C[C@@H]1C[C@]1(NC(=O)[C@@H]1C[C@@H]2CN1C(=O)[C@H](C(C)(C)C)NC(=O)OCC(C)(C)CCC=Cc1cc3c(cc(-c4ccccc4)nc3cc1OC)O2)C(=O)NS(=O)(=O)C1CC1. The number of allylic oxidation sites excluding steroid dienone is 1. The molecule has 60 heavy (non-hydrogen) atoms. The molecule has 4 aliphatic rings. The van der Waals surface area contributed by atoms with Gasteiger partial charge in [-0.05, 0) is 49.0 Å². The number of amides is 4. The third kappa shape index (κ3) is 9.01. The van der Waals surface area contributed by atoms with E-state index in [2.05, 4.69) is 21.9 Å². The predicted molar refractivity (Wildman–Crippen MR) is 227 cm³/mol. The molecule has 0 unspecified atom stereocenters. The zero-order valence-corrected chi connectivity index (χ0v) is 35.9. The lowest BCUT2D eigenvalue weighted by atomic mass is 9.85. The summed E-state index contributed by atoms with van der Waals surface area (Å²) in [5, 5.41) is 5.66. The van der Waals surface area contributed by atoms with Crippen molar-refractivity contribution in [1.29, 1.82) is 0 Å². The molecule has 7 rings (SSSR count). The molecule has 3 fully saturated rings. The Bertz CT molecular complexity index is 2340. The second-order valence-corrected chi connectivity index (χ2v) is 20.2. The van der Waals surface area contributed by atoms with Crippen LogP contribution in [-0.2, 0) is 29.1 Å². The standard InChI is InChI=1S/C45H55N5O9S/c1-8-29-24-45(29,41(53)49-60(55,56)31-17-18-31)48-39(51)35-21-30-25-50(35)40(52)38(43(2,3)4)47-42(54)58-26-44(5,6)19-13-12-16-28-20-32-34(23-36(28)57-7)46-33(22-37(32)59-30)27-14-10-9-11-15-27/h8-12,14-16,20,22-23,29-31,35,38H,1,13,17-19,21,24-26H2,2-7H3,(H,47,54)(H,48,51)(H,49,53)/t29-,30-,35+,38-,45-/m1/s1. The lowest BCUT2D eigenvalue weighted by Gasteiger charge is -2.35. The van der Waals surface area contributed by atoms with Gasteiger partial charge in [0, 0.05) is 41.0 Å². The maximum atomic E-state index is 14.8. The maximum absolute atomic E-state index is 14.8. The minimum Gasteiger partial charge on any atom is -0.496 e. The first-order valence-corrected chi connectivity index (χ1v) is 22.0. The van der Waals surface area contributed by atoms with Crippen LogP contribution >= 0.6 is 0 Å². The summed E-state index contributed by atoms with van der Waals surface area (Å²) in [6, 6.07) is 13.0. The summed E-state index contributed by atoms with van der Waals surface area (Å²) in [5.74, 6) is -1.52. The Morgan fingerprint density at radius 2 is 1.83 bits per heavy atom. The molecule has 1 saturated heterocycles. The first kappa shape index (κ1) is 42.7. The van der Waals surface area contributed by atoms with Crippen molar-refractivity contribution in [3.8, 4) is 22.8 Å². The van der Waals surface area contributed by atoms with Crippen LogP contribution < -0.4 is 24.8 Å². The smallest absolute Gasteiger partial charge is 0.407 e. The van der Waals surface area contributed by atoms with Gasteiger partial charge in [0.05, 0.1) is 36.7 Å². The Kier molecular flexibility index (Phi) is 11.5. The molecule has 1 aromatic heterocycles. The molecule has 5 atom stereocenters. The van der Waals surface area contributed by atoms with E-state index in [0.717, 1.165) is 11.1 Å². The van der Waals surface area contributed by atoms with Gasteiger partial charge in [0.2, 0.25) is 21.8 Å². The van der Waals surface area contributed by atoms with E-state index in [1.165, 1.54) is 11.0 Å². The topological polar surface area (TPSA) is 182 Å². The molecular weight excluding hydrogens is 787 g/mol. The quantitative estimate of drug-likeness (QED) is 0.231. The maximum Gasteiger partial charge on any atom is 0.407 e. The lowest BCUT2D eigenvalue weighted by molar-refractivity contribution is -0.142. The highest BCUT2D eigenvalue weighted by Gasteiger charge is 2.62. The molecule has 0 spiro atoms. The fraction of sp³-hybridized carbons (Fsp3) is 0.489. The Hall–Kier alpha value is -5.44. The van der Waals surface area contributed by atoms with Crippen LogP contribution in [0.15, 0.2) is 67.3 Å². The summed E-state index contributed by atoms with van der Waals surface area (Å²) in [5.41, 5.74) is 0.0658. The van der Waals surface area contributed by atoms with Gasteiger partial charge >= 0.3 is 6.09 Å². The molecule has 2 aromatic carbocycles. The second kappa shape index (κ2) is 16.2. The van der Waals surface area contributed by atoms with Gasteiger partial charge in [-0.2, -0.15) is 0 Å². The Balaban J connectivity index is 1.30. The first-order valence-electron chi connectivity index (χ1n) is 20.5. The highest BCUT2D eigenvalue weighted by Crippen LogP contribution is 2.46. The van der Waals surface area contributed by atoms with E-state index in [1.807, 2.05) is 74.5 Å². The minimum absolute atomic E-state index is 0.0112. The molecule has 14 nitrogen and oxygen atoms in total. The van der Waals surface area contributed by atoms with E-state index >= 15 is 0 Å². The summed E-state index contributed by atoms with van der Waals surface area (Å²) in [7, 11) is -2.33. The van der Waals surface area contributed by atoms with Crippen LogP contribution in [0, 0.1) is 16.7 Å². The Labute approximate surface area is 351 Å². The Morgan fingerprint density at radius 3 is 2.48 bits per heavy atom. The van der Waals surface area contributed by atoms with Crippen LogP contribution in [0.2, 0.25) is 0 Å². The molecule has 2 aliphatic carbocycles. The monoisotopic (exact) mass is 841 g/mol. The number of nitrogens with zero attached hydrogens (tertiary/aromatic N) is 2. The number of nitrogens with one attached hydrogen (secondary N) is 3. The Morgan fingerprint density at radius 1 is 1.10 bits per heavy atom. The molecule has 3 heterocycles. The van der Waals surface area contributed by atoms with Gasteiger partial charge in [0.1, 0.15) is 35.2 Å². The largest absolute Gasteiger partial charge is 0.496 e. The van der Waals surface area contributed by atoms with Crippen LogP contribution in [0.3, 0.4) is 0 Å². The molecule has 320 valence electrons. The third-order valence-electron chi connectivity index (χ3n) is 11.8. The van der Waals surface area contributed by atoms with Crippen LogP contribution in [0.4, 0.5) is 4.79 Å². The van der Waals surface area contributed by atoms with Crippen molar-refractivity contribution in [2.45, 2.75) is 102 Å². The summed E-state index contributed by atoms with van der Waals surface area (Å²) in [6.07, 6.45) is 6.44. The van der Waals surface area contributed by atoms with Gasteiger partial charge in [0.25, 0.3) is 5.91 Å². The highest BCUT2D eigenvalue weighted by atomic mass is 32.2. The molecule has 3 aromatic rings. The number of methoxy groups -OCH3 is 1.